The lowest BCUT2D eigenvalue weighted by molar-refractivity contribution is -0.314. The molecule has 17 heavy (non-hydrogen) atoms. The van der Waals surface area contributed by atoms with E-state index in [1.807, 2.05) is 0 Å². The highest BCUT2D eigenvalue weighted by Gasteiger charge is 2.18. The first-order valence-electron chi connectivity index (χ1n) is 4.65. The maximum Gasteiger partial charge on any atom is 0.338 e. The molecule has 0 heterocycles. The third-order valence-electron chi connectivity index (χ3n) is 1.84. The predicted octanol–water partition coefficient (Wildman–Crippen LogP) is -0.488. The van der Waals surface area contributed by atoms with E-state index < -0.39 is 24.6 Å². The first-order chi connectivity index (χ1) is 8.15. The first kappa shape index (κ1) is 12.5. The summed E-state index contributed by atoms with van der Waals surface area (Å²) in [7, 11) is 0. The molecule has 0 aromatic heterocycles. The number of hydrogen-bond acceptors (Lipinski definition) is 6. The Morgan fingerprint density at radius 1 is 1.41 bits per heavy atom. The maximum atomic E-state index is 11.5. The van der Waals surface area contributed by atoms with Crippen molar-refractivity contribution in [1.82, 2.24) is 4.91 Å². The van der Waals surface area contributed by atoms with Crippen molar-refractivity contribution in [2.24, 2.45) is 5.11 Å². The van der Waals surface area contributed by atoms with Crippen molar-refractivity contribution in [3.63, 3.8) is 0 Å². The number of carboxylic acids is 1. The van der Waals surface area contributed by atoms with Crippen LogP contribution in [0.25, 0.3) is 0 Å². The van der Waals surface area contributed by atoms with E-state index in [0.717, 1.165) is 0 Å². The minimum Gasteiger partial charge on any atom is -0.546 e. The van der Waals surface area contributed by atoms with Crippen molar-refractivity contribution < 1.29 is 19.4 Å². The smallest absolute Gasteiger partial charge is 0.338 e. The molecule has 7 heteroatoms. The summed E-state index contributed by atoms with van der Waals surface area (Å²) in [6, 6.07) is 7.92. The number of esters is 1. The molecule has 1 aromatic carbocycles. The fourth-order valence-corrected chi connectivity index (χ4v) is 1.05. The summed E-state index contributed by atoms with van der Waals surface area (Å²) in [6.07, 6.45) is -1.54. The number of rotatable bonds is 5. The van der Waals surface area contributed by atoms with Crippen LogP contribution >= 0.6 is 0 Å². The van der Waals surface area contributed by atoms with Crippen LogP contribution in [0.4, 0.5) is 0 Å². The molecule has 0 unspecified atom stereocenters. The van der Waals surface area contributed by atoms with Crippen molar-refractivity contribution in [3.8, 4) is 0 Å². The van der Waals surface area contributed by atoms with E-state index >= 15 is 0 Å². The Morgan fingerprint density at radius 3 is 2.59 bits per heavy atom. The van der Waals surface area contributed by atoms with Crippen molar-refractivity contribution in [2.75, 3.05) is 6.54 Å². The molecule has 88 valence electrons. The minimum atomic E-state index is -1.58. The molecule has 0 spiro atoms. The molecule has 0 aliphatic rings. The summed E-state index contributed by atoms with van der Waals surface area (Å²) in [4.78, 5) is 24.7. The summed E-state index contributed by atoms with van der Waals surface area (Å²) in [5.41, 5.74) is 6.61. The van der Waals surface area contributed by atoms with Crippen molar-refractivity contribution in [1.29, 1.82) is 5.53 Å². The molecule has 0 bridgehead atoms. The molecule has 0 aliphatic carbocycles. The third-order valence-corrected chi connectivity index (χ3v) is 1.84. The SMILES string of the molecule is N=[N+]=NC[C@@H](OC(=O)c1ccccc1)C(=O)[O-]. The normalized spacial score (nSPS) is 11.1. The second-order valence-corrected chi connectivity index (χ2v) is 3.00. The summed E-state index contributed by atoms with van der Waals surface area (Å²) in [5.74, 6) is -2.37. The number of carbonyl (C=O) groups is 2. The Hall–Kier alpha value is -2.53. The number of carbonyl (C=O) groups excluding carboxylic acids is 2. The Balaban J connectivity index is 2.71. The number of aliphatic carboxylic acids is 1. The van der Waals surface area contributed by atoms with Crippen LogP contribution in [-0.2, 0) is 9.53 Å². The van der Waals surface area contributed by atoms with Crippen molar-refractivity contribution in [2.45, 2.75) is 6.10 Å². The quantitative estimate of drug-likeness (QED) is 0.421. The van der Waals surface area contributed by atoms with E-state index in [-0.39, 0.29) is 5.56 Å². The standard InChI is InChI=1S/C10H9N3O4/c11-13-12-6-8(9(14)15)17-10(16)7-4-2-1-3-5-7/h1-5,8,11H,6H2/t8-/m1/s1. The van der Waals surface area contributed by atoms with Gasteiger partial charge in [0.05, 0.1) is 11.5 Å². The number of nitrogens with zero attached hydrogens (tertiary/aromatic N) is 2. The van der Waals surface area contributed by atoms with Crippen LogP contribution in [0.1, 0.15) is 10.4 Å². The van der Waals surface area contributed by atoms with Crippen LogP contribution in [-0.4, -0.2) is 24.6 Å². The van der Waals surface area contributed by atoms with Gasteiger partial charge in [-0.2, -0.15) is 0 Å². The topological polar surface area (TPSA) is 117 Å². The average molecular weight is 235 g/mol. The minimum absolute atomic E-state index is 0.224. The van der Waals surface area contributed by atoms with E-state index in [0.29, 0.717) is 0 Å². The summed E-state index contributed by atoms with van der Waals surface area (Å²) >= 11 is 0. The van der Waals surface area contributed by atoms with Crippen LogP contribution < -0.4 is 10.0 Å². The van der Waals surface area contributed by atoms with E-state index in [1.165, 1.54) is 12.1 Å². The molecule has 0 saturated heterocycles. The van der Waals surface area contributed by atoms with Gasteiger partial charge in [0.2, 0.25) is 4.91 Å². The fraction of sp³-hybridized carbons (Fsp3) is 0.200. The molecule has 1 rings (SSSR count). The van der Waals surface area contributed by atoms with E-state index in [2.05, 4.69) is 14.8 Å². The molecular weight excluding hydrogens is 226 g/mol. The van der Waals surface area contributed by atoms with Gasteiger partial charge in [-0.05, 0) is 12.1 Å². The maximum absolute atomic E-state index is 11.5. The second kappa shape index (κ2) is 6.14. The number of benzene rings is 1. The van der Waals surface area contributed by atoms with Gasteiger partial charge in [0, 0.05) is 0 Å². The zero-order valence-electron chi connectivity index (χ0n) is 8.70. The molecular formula is C10H9N3O4. The predicted molar refractivity (Wildman–Crippen MR) is 52.8 cm³/mol. The zero-order chi connectivity index (χ0) is 12.7. The van der Waals surface area contributed by atoms with Crippen LogP contribution in [0.3, 0.4) is 0 Å². The van der Waals surface area contributed by atoms with E-state index in [1.54, 1.807) is 18.2 Å². The van der Waals surface area contributed by atoms with E-state index in [4.69, 9.17) is 5.53 Å². The molecule has 0 amide bonds. The van der Waals surface area contributed by atoms with Crippen LogP contribution in [0.5, 0.6) is 0 Å². The number of hydrogen-bond donors (Lipinski definition) is 1. The second-order valence-electron chi connectivity index (χ2n) is 3.00. The average Bonchev–Trinajstić information content (AvgIpc) is 2.35. The highest BCUT2D eigenvalue weighted by Crippen LogP contribution is 2.04. The highest BCUT2D eigenvalue weighted by molar-refractivity contribution is 5.91. The van der Waals surface area contributed by atoms with Gasteiger partial charge in [-0.1, -0.05) is 18.2 Å². The van der Waals surface area contributed by atoms with E-state index in [9.17, 15) is 14.7 Å². The van der Waals surface area contributed by atoms with Gasteiger partial charge >= 0.3 is 5.97 Å². The monoisotopic (exact) mass is 235 g/mol. The van der Waals surface area contributed by atoms with Crippen molar-refractivity contribution in [3.05, 3.63) is 35.9 Å². The van der Waals surface area contributed by atoms with Crippen molar-refractivity contribution >= 4 is 11.9 Å². The van der Waals surface area contributed by atoms with Gasteiger partial charge in [0.15, 0.2) is 12.6 Å². The summed E-state index contributed by atoms with van der Waals surface area (Å²) in [5, 5.41) is 13.8. The summed E-state index contributed by atoms with van der Waals surface area (Å²) < 4.78 is 4.66. The highest BCUT2D eigenvalue weighted by atomic mass is 16.6. The fourth-order valence-electron chi connectivity index (χ4n) is 1.05. The lowest BCUT2D eigenvalue weighted by Crippen LogP contribution is -2.40. The Bertz CT molecular complexity index is 454. The van der Waals surface area contributed by atoms with Crippen LogP contribution in [0.15, 0.2) is 35.4 Å². The molecule has 1 N–H and O–H groups in total. The lowest BCUT2D eigenvalue weighted by Gasteiger charge is -2.14. The van der Waals surface area contributed by atoms with Gasteiger partial charge in [-0.25, -0.2) is 4.79 Å². The molecule has 0 radical (unpaired) electrons. The molecule has 0 aliphatic heterocycles. The Morgan fingerprint density at radius 2 is 2.06 bits per heavy atom. The summed E-state index contributed by atoms with van der Waals surface area (Å²) in [6.45, 7) is -0.440. The number of carboxylic acid groups (broad SMARTS) is 1. The van der Waals surface area contributed by atoms with Gasteiger partial charge in [0.25, 0.3) is 0 Å². The lowest BCUT2D eigenvalue weighted by atomic mass is 10.2. The number of ether oxygens (including phenoxy) is 1. The van der Waals surface area contributed by atoms with Gasteiger partial charge in [-0.15, -0.1) is 0 Å². The Kier molecular flexibility index (Phi) is 4.53. The largest absolute Gasteiger partial charge is 0.546 e. The number of nitrogens with one attached hydrogen (secondary N) is 1. The molecule has 0 fully saturated rings. The molecule has 7 nitrogen and oxygen atoms in total. The van der Waals surface area contributed by atoms with Gasteiger partial charge < -0.3 is 14.6 Å². The molecule has 1 atom stereocenters. The zero-order valence-corrected chi connectivity index (χ0v) is 8.70. The van der Waals surface area contributed by atoms with Crippen LogP contribution in [0.2, 0.25) is 0 Å². The first-order valence-corrected chi connectivity index (χ1v) is 4.65. The van der Waals surface area contributed by atoms with Gasteiger partial charge in [0.1, 0.15) is 10.6 Å². The molecule has 0 saturated carbocycles. The Labute approximate surface area is 96.3 Å². The van der Waals surface area contributed by atoms with Gasteiger partial charge in [-0.3, -0.25) is 0 Å². The van der Waals surface area contributed by atoms with Crippen LogP contribution in [0, 0.1) is 5.53 Å². The molecule has 1 aromatic rings. The third kappa shape index (κ3) is 3.84.